The Hall–Kier alpha value is -1.88. The first kappa shape index (κ1) is 11.6. The highest BCUT2D eigenvalue weighted by Gasteiger charge is 2.39. The monoisotopic (exact) mass is 233 g/mol. The molecule has 0 saturated heterocycles. The van der Waals surface area contributed by atoms with Gasteiger partial charge in [0, 0.05) is 23.4 Å². The van der Waals surface area contributed by atoms with Crippen LogP contribution in [0.15, 0.2) is 29.4 Å². The van der Waals surface area contributed by atoms with Crippen molar-refractivity contribution in [2.24, 2.45) is 5.10 Å². The van der Waals surface area contributed by atoms with Crippen LogP contribution < -0.4 is 5.73 Å². The van der Waals surface area contributed by atoms with Gasteiger partial charge in [-0.3, -0.25) is 4.79 Å². The number of amides is 1. The Kier molecular flexibility index (Phi) is 2.63. The number of hydrazone groups is 1. The Morgan fingerprint density at radius 1 is 1.47 bits per heavy atom. The maximum atomic E-state index is 12.1. The van der Waals surface area contributed by atoms with Crippen LogP contribution in [0.5, 0.6) is 0 Å². The van der Waals surface area contributed by atoms with Crippen molar-refractivity contribution in [2.75, 3.05) is 5.73 Å². The number of rotatable bonds is 1. The Morgan fingerprint density at radius 3 is 2.53 bits per heavy atom. The van der Waals surface area contributed by atoms with Gasteiger partial charge in [-0.1, -0.05) is 0 Å². The van der Waals surface area contributed by atoms with Gasteiger partial charge < -0.3 is 10.8 Å². The summed E-state index contributed by atoms with van der Waals surface area (Å²) in [5.41, 5.74) is 6.09. The van der Waals surface area contributed by atoms with Gasteiger partial charge in [-0.05, 0) is 38.1 Å². The molecule has 1 aliphatic heterocycles. The summed E-state index contributed by atoms with van der Waals surface area (Å²) in [7, 11) is 0. The van der Waals surface area contributed by atoms with Crippen molar-refractivity contribution in [1.29, 1.82) is 0 Å². The molecular weight excluding hydrogens is 218 g/mol. The van der Waals surface area contributed by atoms with Crippen molar-refractivity contribution in [3.05, 3.63) is 29.8 Å². The fourth-order valence-corrected chi connectivity index (χ4v) is 1.89. The Bertz CT molecular complexity index is 477. The summed E-state index contributed by atoms with van der Waals surface area (Å²) < 4.78 is 0. The van der Waals surface area contributed by atoms with Crippen LogP contribution in [0.1, 0.15) is 30.6 Å². The number of aliphatic hydroxyl groups is 1. The van der Waals surface area contributed by atoms with Crippen LogP contribution in [0.25, 0.3) is 0 Å². The van der Waals surface area contributed by atoms with Gasteiger partial charge in [0.15, 0.2) is 5.72 Å². The topological polar surface area (TPSA) is 78.9 Å². The summed E-state index contributed by atoms with van der Waals surface area (Å²) in [6, 6.07) is 6.54. The Labute approximate surface area is 99.5 Å². The molecule has 90 valence electrons. The van der Waals surface area contributed by atoms with E-state index >= 15 is 0 Å². The van der Waals surface area contributed by atoms with Crippen molar-refractivity contribution >= 4 is 17.3 Å². The van der Waals surface area contributed by atoms with Gasteiger partial charge in [0.2, 0.25) is 0 Å². The zero-order valence-electron chi connectivity index (χ0n) is 9.84. The predicted octanol–water partition coefficient (Wildman–Crippen LogP) is 1.20. The van der Waals surface area contributed by atoms with E-state index in [1.807, 2.05) is 0 Å². The third-order valence-corrected chi connectivity index (χ3v) is 2.67. The highest BCUT2D eigenvalue weighted by atomic mass is 16.3. The fraction of sp³-hybridized carbons (Fsp3) is 0.333. The Morgan fingerprint density at radius 2 is 2.06 bits per heavy atom. The number of nitrogen functional groups attached to an aromatic ring is 1. The van der Waals surface area contributed by atoms with Gasteiger partial charge in [0.1, 0.15) is 0 Å². The predicted molar refractivity (Wildman–Crippen MR) is 65.4 cm³/mol. The molecule has 1 aromatic rings. The molecule has 2 rings (SSSR count). The molecule has 1 aromatic carbocycles. The van der Waals surface area contributed by atoms with Crippen LogP contribution in [0.3, 0.4) is 0 Å². The molecule has 1 atom stereocenters. The minimum Gasteiger partial charge on any atom is -0.399 e. The molecule has 0 aliphatic carbocycles. The van der Waals surface area contributed by atoms with Crippen LogP contribution in [-0.4, -0.2) is 27.5 Å². The maximum absolute atomic E-state index is 12.1. The molecular formula is C12H15N3O2. The van der Waals surface area contributed by atoms with Crippen molar-refractivity contribution in [3.8, 4) is 0 Å². The number of anilines is 1. The largest absolute Gasteiger partial charge is 0.399 e. The molecule has 3 N–H and O–H groups in total. The van der Waals surface area contributed by atoms with E-state index in [-0.39, 0.29) is 5.91 Å². The van der Waals surface area contributed by atoms with E-state index in [4.69, 9.17) is 5.73 Å². The number of hydrogen-bond acceptors (Lipinski definition) is 4. The summed E-state index contributed by atoms with van der Waals surface area (Å²) in [6.45, 7) is 3.35. The molecule has 1 amide bonds. The minimum atomic E-state index is -1.25. The lowest BCUT2D eigenvalue weighted by Crippen LogP contribution is -2.43. The van der Waals surface area contributed by atoms with E-state index in [1.165, 1.54) is 0 Å². The molecule has 0 radical (unpaired) electrons. The van der Waals surface area contributed by atoms with Crippen molar-refractivity contribution in [1.82, 2.24) is 5.01 Å². The summed E-state index contributed by atoms with van der Waals surface area (Å²) in [4.78, 5) is 12.1. The van der Waals surface area contributed by atoms with Crippen molar-refractivity contribution in [2.45, 2.75) is 26.0 Å². The highest BCUT2D eigenvalue weighted by Crippen LogP contribution is 2.26. The van der Waals surface area contributed by atoms with E-state index in [9.17, 15) is 9.90 Å². The van der Waals surface area contributed by atoms with Gasteiger partial charge in [-0.15, -0.1) is 0 Å². The van der Waals surface area contributed by atoms with Gasteiger partial charge in [0.05, 0.1) is 0 Å². The third-order valence-electron chi connectivity index (χ3n) is 2.67. The zero-order valence-corrected chi connectivity index (χ0v) is 9.84. The normalized spacial score (nSPS) is 23.7. The highest BCUT2D eigenvalue weighted by molar-refractivity contribution is 5.97. The van der Waals surface area contributed by atoms with Gasteiger partial charge in [0.25, 0.3) is 5.91 Å². The number of nitrogens with two attached hydrogens (primary N) is 1. The van der Waals surface area contributed by atoms with Crippen LogP contribution in [0.4, 0.5) is 5.69 Å². The molecule has 0 unspecified atom stereocenters. The van der Waals surface area contributed by atoms with E-state index in [0.717, 1.165) is 10.7 Å². The lowest BCUT2D eigenvalue weighted by Gasteiger charge is -2.26. The number of carbonyl (C=O) groups excluding carboxylic acids is 1. The average Bonchev–Trinajstić information content (AvgIpc) is 2.52. The molecule has 0 saturated carbocycles. The van der Waals surface area contributed by atoms with Gasteiger partial charge in [-0.25, -0.2) is 0 Å². The molecule has 0 bridgehead atoms. The van der Waals surface area contributed by atoms with Gasteiger partial charge in [-0.2, -0.15) is 10.1 Å². The number of benzene rings is 1. The zero-order chi connectivity index (χ0) is 12.6. The smallest absolute Gasteiger partial charge is 0.276 e. The summed E-state index contributed by atoms with van der Waals surface area (Å²) in [5, 5.41) is 15.3. The van der Waals surface area contributed by atoms with Crippen molar-refractivity contribution < 1.29 is 9.90 Å². The number of nitrogens with zero attached hydrogens (tertiary/aromatic N) is 2. The number of carbonyl (C=O) groups is 1. The second kappa shape index (κ2) is 3.85. The fourth-order valence-electron chi connectivity index (χ4n) is 1.89. The van der Waals surface area contributed by atoms with E-state index in [0.29, 0.717) is 17.7 Å². The SMILES string of the molecule is CC1=NN(C(=O)c2ccc(N)cc2)[C@](C)(O)C1. The molecule has 1 aliphatic rings. The first-order valence-electron chi connectivity index (χ1n) is 5.37. The van der Waals surface area contributed by atoms with Crippen LogP contribution in [0.2, 0.25) is 0 Å². The second-order valence-electron chi connectivity index (χ2n) is 4.47. The molecule has 17 heavy (non-hydrogen) atoms. The lowest BCUT2D eigenvalue weighted by atomic mass is 10.1. The van der Waals surface area contributed by atoms with E-state index in [2.05, 4.69) is 5.10 Å². The van der Waals surface area contributed by atoms with Crippen molar-refractivity contribution in [3.63, 3.8) is 0 Å². The first-order valence-corrected chi connectivity index (χ1v) is 5.37. The molecule has 0 aromatic heterocycles. The third kappa shape index (κ3) is 2.14. The summed E-state index contributed by atoms with van der Waals surface area (Å²) in [5.74, 6) is -0.327. The standard InChI is InChI=1S/C12H15N3O2/c1-8-7-12(2,17)15(14-8)11(16)9-3-5-10(13)6-4-9/h3-6,17H,7,13H2,1-2H3/t12-/m1/s1. The lowest BCUT2D eigenvalue weighted by molar-refractivity contribution is -0.0553. The van der Waals surface area contributed by atoms with Crippen LogP contribution >= 0.6 is 0 Å². The molecule has 1 heterocycles. The molecule has 5 heteroatoms. The maximum Gasteiger partial charge on any atom is 0.276 e. The quantitative estimate of drug-likeness (QED) is 0.715. The van der Waals surface area contributed by atoms with Gasteiger partial charge >= 0.3 is 0 Å². The summed E-state index contributed by atoms with van der Waals surface area (Å²) >= 11 is 0. The second-order valence-corrected chi connectivity index (χ2v) is 4.47. The molecule has 0 spiro atoms. The summed E-state index contributed by atoms with van der Waals surface area (Å²) in [6.07, 6.45) is 0.369. The minimum absolute atomic E-state index is 0.327. The van der Waals surface area contributed by atoms with Crippen LogP contribution in [0, 0.1) is 0 Å². The Balaban J connectivity index is 2.29. The van der Waals surface area contributed by atoms with E-state index in [1.54, 1.807) is 38.1 Å². The molecule has 0 fully saturated rings. The molecule has 5 nitrogen and oxygen atoms in total. The number of hydrogen-bond donors (Lipinski definition) is 2. The first-order chi connectivity index (χ1) is 7.90. The van der Waals surface area contributed by atoms with E-state index < -0.39 is 5.72 Å². The average molecular weight is 233 g/mol. The van der Waals surface area contributed by atoms with Crippen LogP contribution in [-0.2, 0) is 0 Å².